The minimum absolute atomic E-state index is 0.0294. The van der Waals surface area contributed by atoms with Crippen LogP contribution < -0.4 is 0 Å². The Morgan fingerprint density at radius 3 is 1.94 bits per heavy atom. The monoisotopic (exact) mass is 935 g/mol. The van der Waals surface area contributed by atoms with Crippen LogP contribution in [0.2, 0.25) is 0 Å². The number of ether oxygens (including phenoxy) is 2. The summed E-state index contributed by atoms with van der Waals surface area (Å²) in [6, 6.07) is 0. The molecule has 1 unspecified atom stereocenters. The topological polar surface area (TPSA) is 267 Å². The van der Waals surface area contributed by atoms with Crippen molar-refractivity contribution in [1.82, 2.24) is 0 Å². The second kappa shape index (κ2) is 33.4. The lowest BCUT2D eigenvalue weighted by Crippen LogP contribution is -2.55. The van der Waals surface area contributed by atoms with Gasteiger partial charge in [0.25, 0.3) is 0 Å². The highest BCUT2D eigenvalue weighted by atomic mass is 31.2. The maximum atomic E-state index is 13.6. The summed E-state index contributed by atoms with van der Waals surface area (Å²) >= 11 is 0. The van der Waals surface area contributed by atoms with Crippen LogP contribution in [0.15, 0.2) is 24.3 Å². The van der Waals surface area contributed by atoms with Crippen molar-refractivity contribution in [2.75, 3.05) is 13.2 Å². The maximum absolute atomic E-state index is 13.6. The van der Waals surface area contributed by atoms with Gasteiger partial charge in [0.05, 0.1) is 31.0 Å². The van der Waals surface area contributed by atoms with Crippen LogP contribution in [0.1, 0.15) is 174 Å². The summed E-state index contributed by atoms with van der Waals surface area (Å²) < 4.78 is 34.7. The molecule has 0 radical (unpaired) electrons. The van der Waals surface area contributed by atoms with E-state index in [0.717, 1.165) is 38.5 Å². The number of Topliss-reactive ketones (excluding diaryl/α,β-unsaturated/α-hetero) is 1. The fourth-order valence-electron chi connectivity index (χ4n) is 8.11. The Hall–Kier alpha value is -2.08. The van der Waals surface area contributed by atoms with Crippen LogP contribution in [-0.2, 0) is 37.5 Å². The predicted molar refractivity (Wildman–Crippen MR) is 241 cm³/mol. The first-order chi connectivity index (χ1) is 30.6. The van der Waals surface area contributed by atoms with Gasteiger partial charge in [-0.25, -0.2) is 4.57 Å². The summed E-state index contributed by atoms with van der Waals surface area (Å²) in [5, 5.41) is 78.5. The van der Waals surface area contributed by atoms with Crippen molar-refractivity contribution in [3.8, 4) is 0 Å². The summed E-state index contributed by atoms with van der Waals surface area (Å²) in [6.45, 7) is 2.80. The number of aliphatic hydroxyl groups excluding tert-OH is 7. The van der Waals surface area contributed by atoms with E-state index in [1.807, 2.05) is 6.92 Å². The number of ketones is 1. The number of allylic oxidation sites excluding steroid dienone is 2. The Morgan fingerprint density at radius 2 is 1.33 bits per heavy atom. The quantitative estimate of drug-likeness (QED) is 0.0245. The number of fused-ring (bicyclic) bond motifs is 4. The molecular formula is C47H83O16P. The summed E-state index contributed by atoms with van der Waals surface area (Å²) in [6.07, 6.45) is 7.42. The number of unbranched alkanes of at least 4 members (excludes halogenated alkanes) is 16. The van der Waals surface area contributed by atoms with Crippen molar-refractivity contribution >= 4 is 25.5 Å². The summed E-state index contributed by atoms with van der Waals surface area (Å²) in [5.74, 6) is -5.07. The predicted octanol–water partition coefficient (Wildman–Crippen LogP) is 6.20. The molecule has 1 aliphatic carbocycles. The van der Waals surface area contributed by atoms with E-state index in [1.54, 1.807) is 6.08 Å². The number of carbonyl (C=O) groups excluding carboxylic acids is 3. The molecule has 64 heavy (non-hydrogen) atoms. The Labute approximate surface area is 381 Å². The van der Waals surface area contributed by atoms with Crippen LogP contribution in [0.4, 0.5) is 0 Å². The first-order valence-electron chi connectivity index (χ1n) is 24.2. The van der Waals surface area contributed by atoms with Gasteiger partial charge in [-0.05, 0) is 32.1 Å². The molecule has 372 valence electrons. The van der Waals surface area contributed by atoms with Gasteiger partial charge in [-0.1, -0.05) is 147 Å². The summed E-state index contributed by atoms with van der Waals surface area (Å²) in [4.78, 5) is 50.0. The highest BCUT2D eigenvalue weighted by Crippen LogP contribution is 2.47. The molecule has 2 aliphatic rings. The average molecular weight is 935 g/mol. The van der Waals surface area contributed by atoms with Gasteiger partial charge in [0.15, 0.2) is 6.10 Å². The zero-order valence-electron chi connectivity index (χ0n) is 38.5. The summed E-state index contributed by atoms with van der Waals surface area (Å²) in [5.41, 5.74) is 0. The molecule has 12 atom stereocenters. The van der Waals surface area contributed by atoms with Crippen molar-refractivity contribution in [3.05, 3.63) is 24.3 Å². The third kappa shape index (κ3) is 23.6. The van der Waals surface area contributed by atoms with Crippen LogP contribution in [-0.4, -0.2) is 127 Å². The fourth-order valence-corrected chi connectivity index (χ4v) is 9.08. The lowest BCUT2D eigenvalue weighted by Gasteiger charge is -2.36. The number of esters is 2. The van der Waals surface area contributed by atoms with Crippen LogP contribution >= 0.6 is 7.82 Å². The van der Waals surface area contributed by atoms with Gasteiger partial charge in [-0.15, -0.1) is 0 Å². The van der Waals surface area contributed by atoms with Crippen LogP contribution in [0.5, 0.6) is 0 Å². The molecule has 0 aromatic rings. The summed E-state index contributed by atoms with van der Waals surface area (Å²) in [7, 11) is -5.46. The zero-order chi connectivity index (χ0) is 47.3. The average Bonchev–Trinajstić information content (AvgIpc) is 3.26. The Kier molecular flexibility index (Phi) is 30.3. The lowest BCUT2D eigenvalue weighted by molar-refractivity contribution is -0.166. The van der Waals surface area contributed by atoms with E-state index in [9.17, 15) is 59.6 Å². The molecule has 2 bridgehead atoms. The van der Waals surface area contributed by atoms with Crippen molar-refractivity contribution in [3.63, 3.8) is 0 Å². The van der Waals surface area contributed by atoms with Gasteiger partial charge in [0.2, 0.25) is 0 Å². The Bertz CT molecular complexity index is 1390. The number of cyclic esters (lactones) is 1. The number of hydrogen-bond donors (Lipinski definition) is 8. The van der Waals surface area contributed by atoms with E-state index in [2.05, 4.69) is 6.92 Å². The molecule has 0 amide bonds. The van der Waals surface area contributed by atoms with Crippen molar-refractivity contribution < 1.29 is 78.1 Å². The third-order valence-electron chi connectivity index (χ3n) is 12.2. The Morgan fingerprint density at radius 1 is 0.766 bits per heavy atom. The highest BCUT2D eigenvalue weighted by molar-refractivity contribution is 7.47. The van der Waals surface area contributed by atoms with E-state index in [4.69, 9.17) is 18.5 Å². The first kappa shape index (κ1) is 58.0. The number of phosphoric ester groups is 1. The minimum atomic E-state index is -5.46. The van der Waals surface area contributed by atoms with E-state index in [-0.39, 0.29) is 19.3 Å². The molecule has 0 aromatic heterocycles. The van der Waals surface area contributed by atoms with Gasteiger partial charge in [0.1, 0.15) is 36.8 Å². The molecule has 1 aliphatic heterocycles. The maximum Gasteiger partial charge on any atom is 0.472 e. The van der Waals surface area contributed by atoms with Crippen molar-refractivity contribution in [1.29, 1.82) is 0 Å². The van der Waals surface area contributed by atoms with Gasteiger partial charge in [-0.2, -0.15) is 0 Å². The molecule has 0 spiro atoms. The first-order valence-corrected chi connectivity index (χ1v) is 25.7. The van der Waals surface area contributed by atoms with E-state index in [0.29, 0.717) is 32.1 Å². The molecule has 0 saturated heterocycles. The van der Waals surface area contributed by atoms with Crippen LogP contribution in [0.25, 0.3) is 0 Å². The number of hydrogen-bond acceptors (Lipinski definition) is 15. The van der Waals surface area contributed by atoms with Gasteiger partial charge >= 0.3 is 19.8 Å². The van der Waals surface area contributed by atoms with E-state index >= 15 is 0 Å². The molecule has 1 saturated carbocycles. The molecule has 0 aromatic carbocycles. The molecule has 8 N–H and O–H groups in total. The second-order valence-corrected chi connectivity index (χ2v) is 19.2. The minimum Gasteiger partial charge on any atom is -0.462 e. The smallest absolute Gasteiger partial charge is 0.462 e. The highest BCUT2D eigenvalue weighted by Gasteiger charge is 2.49. The van der Waals surface area contributed by atoms with Crippen molar-refractivity contribution in [2.45, 2.75) is 229 Å². The number of aliphatic hydroxyl groups is 7. The molecule has 1 fully saturated rings. The number of carbonyl (C=O) groups is 3. The second-order valence-electron chi connectivity index (χ2n) is 17.8. The van der Waals surface area contributed by atoms with Crippen LogP contribution in [0.3, 0.4) is 0 Å². The third-order valence-corrected chi connectivity index (χ3v) is 13.1. The molecular weight excluding hydrogens is 851 g/mol. The standard InChI is InChI=1S/C47H83O16P/c1-3-5-7-8-9-10-11-12-13-14-15-16-17-18-24-28-41(52)62-35-32-60-40(51)27-23-20-19-22-26-36-38(49)31-39(50)37(30-29-34(48)25-21-6-4-2)43(54)45(56)47(46(57)44(55)42(36)53)63-64(58,59)61-33-35/h19,22,29-30,34-37,39,42-48,50,53-57H,3-18,20-21,23-28,31-33H2,1-2H3,(H,58,59)/b22-19?,30-29+/t34-,35+,36-,37-,39+,42+,43+,44-,45+,46+,47+/m0/s1. The zero-order valence-corrected chi connectivity index (χ0v) is 39.4. The van der Waals surface area contributed by atoms with Crippen LogP contribution in [0, 0.1) is 11.8 Å². The lowest BCUT2D eigenvalue weighted by atomic mass is 9.84. The fraction of sp³-hybridized carbons (Fsp3) is 0.851. The molecule has 1 heterocycles. The number of phosphoric acid groups is 1. The molecule has 2 rings (SSSR count). The SMILES string of the molecule is CCCCCCCCCCCCCCCCCC(=O)O[C@@H]1COC(=O)CCCC=CC[C@H]2C(=O)C[C@@H](O)[C@H](/C=C/[C@@H](O)CCCCC)[C@@H](O)[C@@H](O)[C@@H](OP(=O)(O)OC1)[C@H](O)[C@@H](O)[C@@H]2O. The van der Waals surface area contributed by atoms with Gasteiger partial charge in [-0.3, -0.25) is 23.4 Å². The molecule has 17 heteroatoms. The van der Waals surface area contributed by atoms with Crippen molar-refractivity contribution in [2.24, 2.45) is 11.8 Å². The van der Waals surface area contributed by atoms with E-state index < -0.39 is 112 Å². The normalized spacial score (nSPS) is 31.2. The largest absolute Gasteiger partial charge is 0.472 e. The van der Waals surface area contributed by atoms with E-state index in [1.165, 1.54) is 82.4 Å². The number of rotatable bonds is 23. The van der Waals surface area contributed by atoms with Gasteiger partial charge in [0, 0.05) is 31.1 Å². The molecule has 16 nitrogen and oxygen atoms in total. The Balaban J connectivity index is 2.19. The van der Waals surface area contributed by atoms with Gasteiger partial charge < -0.3 is 50.1 Å².